The van der Waals surface area contributed by atoms with Crippen LogP contribution < -0.4 is 14.3 Å². The van der Waals surface area contributed by atoms with Crippen LogP contribution in [-0.4, -0.2) is 27.7 Å². The van der Waals surface area contributed by atoms with Crippen molar-refractivity contribution < 1.29 is 22.7 Å². The minimum Gasteiger partial charge on any atom is -0.493 e. The summed E-state index contributed by atoms with van der Waals surface area (Å²) in [5.74, 6) is -0.187. The van der Waals surface area contributed by atoms with Crippen molar-refractivity contribution in [2.75, 3.05) is 7.11 Å². The molecule has 0 aliphatic carbocycles. The van der Waals surface area contributed by atoms with Crippen LogP contribution in [0.25, 0.3) is 0 Å². The molecule has 3 rings (SSSR count). The molecule has 1 N–H and O–H groups in total. The zero-order chi connectivity index (χ0) is 22.4. The molecule has 0 aliphatic heterocycles. The smallest absolute Gasteiger partial charge is 0.345 e. The molecule has 0 aliphatic rings. The van der Waals surface area contributed by atoms with E-state index in [0.29, 0.717) is 5.56 Å². The normalized spacial score (nSPS) is 11.3. The predicted octanol–water partition coefficient (Wildman–Crippen LogP) is 4.64. The van der Waals surface area contributed by atoms with Crippen molar-refractivity contribution in [2.45, 2.75) is 4.90 Å². The van der Waals surface area contributed by atoms with Crippen molar-refractivity contribution in [3.05, 3.63) is 87.4 Å². The summed E-state index contributed by atoms with van der Waals surface area (Å²) >= 11 is 9.27. The second-order valence-corrected chi connectivity index (χ2v) is 9.07. The van der Waals surface area contributed by atoms with Gasteiger partial charge < -0.3 is 9.47 Å². The van der Waals surface area contributed by atoms with Crippen LogP contribution in [0.5, 0.6) is 11.5 Å². The minimum atomic E-state index is -3.80. The summed E-state index contributed by atoms with van der Waals surface area (Å²) in [5, 5.41) is 4.05. The molecule has 0 radical (unpaired) electrons. The van der Waals surface area contributed by atoms with Gasteiger partial charge in [-0.25, -0.2) is 9.63 Å². The summed E-state index contributed by atoms with van der Waals surface area (Å²) < 4.78 is 35.9. The van der Waals surface area contributed by atoms with Crippen LogP contribution in [0.2, 0.25) is 5.02 Å². The molecule has 10 heteroatoms. The number of nitrogens with zero attached hydrogens (tertiary/aromatic N) is 1. The van der Waals surface area contributed by atoms with Crippen molar-refractivity contribution in [1.29, 1.82) is 0 Å². The lowest BCUT2D eigenvalue weighted by Crippen LogP contribution is -2.18. The molecular formula is C21H16BrClN2O5S. The fourth-order valence-corrected chi connectivity index (χ4v) is 3.74. The van der Waals surface area contributed by atoms with Crippen molar-refractivity contribution in [1.82, 2.24) is 4.83 Å². The van der Waals surface area contributed by atoms with Gasteiger partial charge in [-0.15, -0.1) is 0 Å². The van der Waals surface area contributed by atoms with Gasteiger partial charge in [-0.2, -0.15) is 13.5 Å². The van der Waals surface area contributed by atoms with Gasteiger partial charge in [0.2, 0.25) is 0 Å². The van der Waals surface area contributed by atoms with E-state index < -0.39 is 16.0 Å². The fraction of sp³-hybridized carbons (Fsp3) is 0.0476. The van der Waals surface area contributed by atoms with Crippen molar-refractivity contribution in [2.24, 2.45) is 5.10 Å². The summed E-state index contributed by atoms with van der Waals surface area (Å²) in [6.45, 7) is 0. The van der Waals surface area contributed by atoms with E-state index in [2.05, 4.69) is 25.9 Å². The number of nitrogens with one attached hydrogen (secondary N) is 1. The first kappa shape index (κ1) is 22.8. The highest BCUT2D eigenvalue weighted by molar-refractivity contribution is 9.10. The Labute approximate surface area is 192 Å². The Hall–Kier alpha value is -2.88. The molecule has 0 unspecified atom stereocenters. The number of ether oxygens (including phenoxy) is 2. The van der Waals surface area contributed by atoms with Crippen LogP contribution in [0.1, 0.15) is 15.9 Å². The highest BCUT2D eigenvalue weighted by Crippen LogP contribution is 2.29. The molecule has 0 atom stereocenters. The van der Waals surface area contributed by atoms with Gasteiger partial charge in [-0.1, -0.05) is 39.7 Å². The van der Waals surface area contributed by atoms with Crippen molar-refractivity contribution in [3.63, 3.8) is 0 Å². The molecule has 3 aromatic carbocycles. The topological polar surface area (TPSA) is 94.1 Å². The Morgan fingerprint density at radius 1 is 1.06 bits per heavy atom. The first-order valence-electron chi connectivity index (χ1n) is 8.75. The number of sulfonamides is 1. The Kier molecular flexibility index (Phi) is 7.32. The van der Waals surface area contributed by atoms with Gasteiger partial charge in [0.25, 0.3) is 10.0 Å². The third kappa shape index (κ3) is 5.84. The van der Waals surface area contributed by atoms with Crippen LogP contribution in [0.4, 0.5) is 0 Å². The molecule has 0 heterocycles. The van der Waals surface area contributed by atoms with E-state index in [0.717, 1.165) is 4.47 Å². The molecule has 3 aromatic rings. The number of methoxy groups -OCH3 is 1. The number of esters is 1. The lowest BCUT2D eigenvalue weighted by molar-refractivity contribution is 0.0730. The number of hydrogen-bond acceptors (Lipinski definition) is 6. The summed E-state index contributed by atoms with van der Waals surface area (Å²) in [6.07, 6.45) is 1.30. The Morgan fingerprint density at radius 2 is 1.77 bits per heavy atom. The Balaban J connectivity index is 1.73. The lowest BCUT2D eigenvalue weighted by atomic mass is 10.2. The molecule has 0 amide bonds. The number of benzene rings is 3. The quantitative estimate of drug-likeness (QED) is 0.211. The maximum Gasteiger partial charge on any atom is 0.345 e. The van der Waals surface area contributed by atoms with E-state index in [1.54, 1.807) is 48.5 Å². The van der Waals surface area contributed by atoms with E-state index in [1.807, 2.05) is 0 Å². The van der Waals surface area contributed by atoms with E-state index in [4.69, 9.17) is 21.1 Å². The largest absolute Gasteiger partial charge is 0.493 e. The Morgan fingerprint density at radius 3 is 2.45 bits per heavy atom. The molecule has 0 saturated carbocycles. The van der Waals surface area contributed by atoms with Crippen LogP contribution in [0.3, 0.4) is 0 Å². The first-order chi connectivity index (χ1) is 14.8. The van der Waals surface area contributed by atoms with Gasteiger partial charge in [0.15, 0.2) is 11.5 Å². The maximum absolute atomic E-state index is 12.4. The minimum absolute atomic E-state index is 0.0762. The van der Waals surface area contributed by atoms with Gasteiger partial charge >= 0.3 is 5.97 Å². The van der Waals surface area contributed by atoms with E-state index in [9.17, 15) is 13.2 Å². The number of rotatable bonds is 7. The molecule has 0 fully saturated rings. The van der Waals surface area contributed by atoms with Crippen LogP contribution in [-0.2, 0) is 10.0 Å². The summed E-state index contributed by atoms with van der Waals surface area (Å²) in [5.41, 5.74) is 0.743. The molecule has 0 aromatic heterocycles. The molecular weight excluding hydrogens is 508 g/mol. The Bertz CT molecular complexity index is 1230. The third-order valence-electron chi connectivity index (χ3n) is 3.99. The zero-order valence-corrected chi connectivity index (χ0v) is 19.2. The van der Waals surface area contributed by atoms with Gasteiger partial charge in [0.05, 0.1) is 28.8 Å². The van der Waals surface area contributed by atoms with Crippen LogP contribution in [0.15, 0.2) is 81.2 Å². The van der Waals surface area contributed by atoms with E-state index in [-0.39, 0.29) is 27.0 Å². The standard InChI is InChI=1S/C21H16BrClN2O5S/c1-29-20-12-14(13-24-25-31(27,28)16-9-7-15(22)8-10-16)6-11-19(20)30-21(26)17-4-2-3-5-18(17)23/h2-13,25H,1H3/b24-13-. The van der Waals surface area contributed by atoms with Gasteiger partial charge in [-0.05, 0) is 60.2 Å². The number of carbonyl (C=O) groups excluding carboxylic acids is 1. The van der Waals surface area contributed by atoms with E-state index in [1.165, 1.54) is 31.5 Å². The van der Waals surface area contributed by atoms with Gasteiger partial charge in [0.1, 0.15) is 0 Å². The second-order valence-electron chi connectivity index (χ2n) is 6.09. The molecule has 0 saturated heterocycles. The van der Waals surface area contributed by atoms with Crippen LogP contribution in [0, 0.1) is 0 Å². The zero-order valence-electron chi connectivity index (χ0n) is 16.1. The molecule has 160 valence electrons. The number of carbonyl (C=O) groups is 1. The van der Waals surface area contributed by atoms with Crippen molar-refractivity contribution in [3.8, 4) is 11.5 Å². The highest BCUT2D eigenvalue weighted by atomic mass is 79.9. The lowest BCUT2D eigenvalue weighted by Gasteiger charge is -2.10. The van der Waals surface area contributed by atoms with E-state index >= 15 is 0 Å². The highest BCUT2D eigenvalue weighted by Gasteiger charge is 2.15. The van der Waals surface area contributed by atoms with Crippen molar-refractivity contribution >= 4 is 49.7 Å². The van der Waals surface area contributed by atoms with Crippen LogP contribution >= 0.6 is 27.5 Å². The van der Waals surface area contributed by atoms with Gasteiger partial charge in [0, 0.05) is 4.47 Å². The fourth-order valence-electron chi connectivity index (χ4n) is 2.47. The average Bonchev–Trinajstić information content (AvgIpc) is 2.75. The molecule has 0 spiro atoms. The SMILES string of the molecule is COc1cc(/C=N\NS(=O)(=O)c2ccc(Br)cc2)ccc1OC(=O)c1ccccc1Cl. The summed E-state index contributed by atoms with van der Waals surface area (Å²) in [7, 11) is -2.39. The molecule has 7 nitrogen and oxygen atoms in total. The average molecular weight is 524 g/mol. The maximum atomic E-state index is 12.4. The summed E-state index contributed by atoms with van der Waals surface area (Å²) in [4.78, 5) is 14.6. The number of halogens is 2. The number of hydrazone groups is 1. The second kappa shape index (κ2) is 9.95. The van der Waals surface area contributed by atoms with Gasteiger partial charge in [-0.3, -0.25) is 0 Å². The monoisotopic (exact) mass is 522 g/mol. The molecule has 31 heavy (non-hydrogen) atoms. The first-order valence-corrected chi connectivity index (χ1v) is 11.4. The number of hydrogen-bond donors (Lipinski definition) is 1. The molecule has 0 bridgehead atoms. The summed E-state index contributed by atoms with van der Waals surface area (Å²) in [6, 6.07) is 17.3. The predicted molar refractivity (Wildman–Crippen MR) is 121 cm³/mol. The third-order valence-corrected chi connectivity index (χ3v) is 6.09.